The minimum Gasteiger partial charge on any atom is -0.307 e. The van der Waals surface area contributed by atoms with Crippen molar-refractivity contribution in [3.8, 4) is 11.8 Å². The van der Waals surface area contributed by atoms with Crippen LogP contribution < -0.4 is 0 Å². The minimum absolute atomic E-state index is 0.690. The average Bonchev–Trinajstić information content (AvgIpc) is 3.14. The SMILES string of the molecule is Cc1cccc(C#N)c1-n1c2ccccc2c2c3ccccc3c3ccccc3c21. The summed E-state index contributed by atoms with van der Waals surface area (Å²) in [7, 11) is 0. The van der Waals surface area contributed by atoms with E-state index in [4.69, 9.17) is 0 Å². The van der Waals surface area contributed by atoms with Crippen LogP contribution in [0.5, 0.6) is 0 Å². The summed E-state index contributed by atoms with van der Waals surface area (Å²) in [6.07, 6.45) is 0. The maximum absolute atomic E-state index is 9.91. The molecule has 6 rings (SSSR count). The molecule has 0 aliphatic carbocycles. The zero-order chi connectivity index (χ0) is 20.2. The number of aryl methyl sites for hydroxylation is 1. The summed E-state index contributed by atoms with van der Waals surface area (Å²) in [5, 5.41) is 17.3. The van der Waals surface area contributed by atoms with Gasteiger partial charge in [-0.1, -0.05) is 78.9 Å². The van der Waals surface area contributed by atoms with Crippen molar-refractivity contribution in [3.05, 3.63) is 102 Å². The maximum atomic E-state index is 9.91. The average molecular weight is 382 g/mol. The zero-order valence-electron chi connectivity index (χ0n) is 16.6. The molecule has 0 spiro atoms. The minimum atomic E-state index is 0.690. The molecule has 0 saturated carbocycles. The second-order valence-electron chi connectivity index (χ2n) is 7.75. The molecule has 0 unspecified atom stereocenters. The first-order valence-corrected chi connectivity index (χ1v) is 10.1. The molecule has 6 aromatic rings. The molecule has 1 aromatic heterocycles. The lowest BCUT2D eigenvalue weighted by Crippen LogP contribution is -2.01. The van der Waals surface area contributed by atoms with Crippen LogP contribution in [0.4, 0.5) is 0 Å². The molecule has 5 aromatic carbocycles. The van der Waals surface area contributed by atoms with Gasteiger partial charge in [0, 0.05) is 16.2 Å². The van der Waals surface area contributed by atoms with Crippen LogP contribution >= 0.6 is 0 Å². The highest BCUT2D eigenvalue weighted by Gasteiger charge is 2.20. The fraction of sp³-hybridized carbons (Fsp3) is 0.0357. The number of aromatic nitrogens is 1. The van der Waals surface area contributed by atoms with E-state index in [2.05, 4.69) is 96.4 Å². The smallest absolute Gasteiger partial charge is 0.101 e. The van der Waals surface area contributed by atoms with Gasteiger partial charge in [0.15, 0.2) is 0 Å². The Hall–Kier alpha value is -4.09. The number of nitrogens with zero attached hydrogens (tertiary/aromatic N) is 2. The highest BCUT2D eigenvalue weighted by atomic mass is 15.0. The van der Waals surface area contributed by atoms with Crippen LogP contribution in [0, 0.1) is 18.3 Å². The predicted octanol–water partition coefficient (Wildman–Crippen LogP) is 7.27. The summed E-state index contributed by atoms with van der Waals surface area (Å²) >= 11 is 0. The molecular weight excluding hydrogens is 364 g/mol. The summed E-state index contributed by atoms with van der Waals surface area (Å²) < 4.78 is 2.30. The standard InChI is InChI=1S/C28H18N2/c1-18-9-8-10-19(17-29)27(18)30-25-16-7-6-15-24(25)26-22-13-4-2-11-20(22)21-12-3-5-14-23(21)28(26)30/h2-16H,1H3. The van der Waals surface area contributed by atoms with Crippen LogP contribution in [0.3, 0.4) is 0 Å². The van der Waals surface area contributed by atoms with E-state index in [-0.39, 0.29) is 0 Å². The largest absolute Gasteiger partial charge is 0.307 e. The van der Waals surface area contributed by atoms with Crippen LogP contribution in [-0.4, -0.2) is 4.57 Å². The van der Waals surface area contributed by atoms with E-state index in [1.165, 1.54) is 32.3 Å². The Morgan fingerprint density at radius 2 is 1.23 bits per heavy atom. The van der Waals surface area contributed by atoms with Crippen molar-refractivity contribution in [2.45, 2.75) is 6.92 Å². The molecule has 0 saturated heterocycles. The van der Waals surface area contributed by atoms with Crippen molar-refractivity contribution in [1.29, 1.82) is 5.26 Å². The Balaban J connectivity index is 2.02. The molecule has 0 N–H and O–H groups in total. The van der Waals surface area contributed by atoms with E-state index in [9.17, 15) is 5.26 Å². The number of rotatable bonds is 1. The van der Waals surface area contributed by atoms with Gasteiger partial charge in [-0.15, -0.1) is 0 Å². The molecule has 140 valence electrons. The van der Waals surface area contributed by atoms with Crippen LogP contribution in [0.1, 0.15) is 11.1 Å². The third-order valence-corrected chi connectivity index (χ3v) is 6.13. The molecule has 0 amide bonds. The molecule has 30 heavy (non-hydrogen) atoms. The first kappa shape index (κ1) is 16.8. The van der Waals surface area contributed by atoms with Gasteiger partial charge in [-0.3, -0.25) is 0 Å². The molecular formula is C28H18N2. The van der Waals surface area contributed by atoms with Gasteiger partial charge in [-0.25, -0.2) is 0 Å². The number of fused-ring (bicyclic) bond motifs is 8. The highest BCUT2D eigenvalue weighted by molar-refractivity contribution is 6.32. The third-order valence-electron chi connectivity index (χ3n) is 6.13. The molecule has 0 bridgehead atoms. The third kappa shape index (κ3) is 2.12. The van der Waals surface area contributed by atoms with Gasteiger partial charge in [0.25, 0.3) is 0 Å². The summed E-state index contributed by atoms with van der Waals surface area (Å²) in [6, 6.07) is 34.1. The Labute approximate surface area is 174 Å². The zero-order valence-corrected chi connectivity index (χ0v) is 16.6. The van der Waals surface area contributed by atoms with E-state index in [1.807, 2.05) is 12.1 Å². The van der Waals surface area contributed by atoms with Gasteiger partial charge in [0.2, 0.25) is 0 Å². The van der Waals surface area contributed by atoms with Crippen LogP contribution in [0.15, 0.2) is 91.0 Å². The van der Waals surface area contributed by atoms with Crippen molar-refractivity contribution in [1.82, 2.24) is 4.57 Å². The van der Waals surface area contributed by atoms with Crippen molar-refractivity contribution in [3.63, 3.8) is 0 Å². The fourth-order valence-electron chi connectivity index (χ4n) is 4.91. The van der Waals surface area contributed by atoms with E-state index >= 15 is 0 Å². The van der Waals surface area contributed by atoms with E-state index in [1.54, 1.807) is 0 Å². The Morgan fingerprint density at radius 1 is 0.633 bits per heavy atom. The van der Waals surface area contributed by atoms with Crippen molar-refractivity contribution < 1.29 is 0 Å². The summed E-state index contributed by atoms with van der Waals surface area (Å²) in [4.78, 5) is 0. The molecule has 0 atom stereocenters. The van der Waals surface area contributed by atoms with Gasteiger partial charge in [-0.2, -0.15) is 5.26 Å². The lowest BCUT2D eigenvalue weighted by atomic mass is 9.97. The van der Waals surface area contributed by atoms with E-state index < -0.39 is 0 Å². The first-order chi connectivity index (χ1) is 14.8. The van der Waals surface area contributed by atoms with Gasteiger partial charge in [0.1, 0.15) is 6.07 Å². The predicted molar refractivity (Wildman–Crippen MR) is 125 cm³/mol. The van der Waals surface area contributed by atoms with Crippen molar-refractivity contribution in [2.75, 3.05) is 0 Å². The molecule has 2 heteroatoms. The van der Waals surface area contributed by atoms with E-state index in [0.717, 1.165) is 22.3 Å². The topological polar surface area (TPSA) is 28.7 Å². The molecule has 0 fully saturated rings. The van der Waals surface area contributed by atoms with Gasteiger partial charge >= 0.3 is 0 Å². The summed E-state index contributed by atoms with van der Waals surface area (Å²) in [5.74, 6) is 0. The maximum Gasteiger partial charge on any atom is 0.101 e. The van der Waals surface area contributed by atoms with E-state index in [0.29, 0.717) is 5.56 Å². The van der Waals surface area contributed by atoms with Gasteiger partial charge < -0.3 is 4.57 Å². The molecule has 2 nitrogen and oxygen atoms in total. The lowest BCUT2D eigenvalue weighted by Gasteiger charge is -2.15. The number of benzene rings is 5. The lowest BCUT2D eigenvalue weighted by molar-refractivity contribution is 1.14. The Bertz CT molecular complexity index is 1660. The monoisotopic (exact) mass is 382 g/mol. The second-order valence-corrected chi connectivity index (χ2v) is 7.75. The van der Waals surface area contributed by atoms with Gasteiger partial charge in [0.05, 0.1) is 22.3 Å². The van der Waals surface area contributed by atoms with Gasteiger partial charge in [-0.05, 0) is 40.8 Å². The summed E-state index contributed by atoms with van der Waals surface area (Å²) in [6.45, 7) is 2.08. The Kier molecular flexibility index (Phi) is 3.48. The number of hydrogen-bond donors (Lipinski definition) is 0. The molecule has 0 radical (unpaired) electrons. The number of para-hydroxylation sites is 2. The number of hydrogen-bond acceptors (Lipinski definition) is 1. The van der Waals surface area contributed by atoms with Crippen molar-refractivity contribution in [2.24, 2.45) is 0 Å². The quantitative estimate of drug-likeness (QED) is 0.275. The summed E-state index contributed by atoms with van der Waals surface area (Å²) in [5.41, 5.74) is 5.03. The molecule has 0 aliphatic rings. The second kappa shape index (κ2) is 6.20. The normalized spacial score (nSPS) is 11.5. The first-order valence-electron chi connectivity index (χ1n) is 10.1. The number of nitriles is 1. The van der Waals surface area contributed by atoms with Crippen LogP contribution in [0.2, 0.25) is 0 Å². The molecule has 0 aliphatic heterocycles. The fourth-order valence-corrected chi connectivity index (χ4v) is 4.91. The van der Waals surface area contributed by atoms with Crippen LogP contribution in [-0.2, 0) is 0 Å². The van der Waals surface area contributed by atoms with Crippen LogP contribution in [0.25, 0.3) is 49.0 Å². The van der Waals surface area contributed by atoms with Crippen molar-refractivity contribution >= 4 is 43.4 Å². The Morgan fingerprint density at radius 3 is 1.97 bits per heavy atom. The molecule has 1 heterocycles. The highest BCUT2D eigenvalue weighted by Crippen LogP contribution is 2.42.